The summed E-state index contributed by atoms with van der Waals surface area (Å²) in [6.07, 6.45) is -2.87. The molecule has 6 nitrogen and oxygen atoms in total. The topological polar surface area (TPSA) is 80.0 Å². The van der Waals surface area contributed by atoms with Crippen LogP contribution in [0.1, 0.15) is 43.0 Å². The fraction of sp³-hybridized carbons (Fsp3) is 0.381. The number of aliphatic hydroxyl groups is 1. The third-order valence-electron chi connectivity index (χ3n) is 5.50. The first kappa shape index (κ1) is 21.2. The zero-order valence-electron chi connectivity index (χ0n) is 16.4. The number of aromatic nitrogens is 3. The first-order valence-electron chi connectivity index (χ1n) is 9.81. The summed E-state index contributed by atoms with van der Waals surface area (Å²) in [5.74, 6) is -0.679. The van der Waals surface area contributed by atoms with Gasteiger partial charge in [-0.05, 0) is 37.0 Å². The molecule has 2 aromatic heterocycles. The summed E-state index contributed by atoms with van der Waals surface area (Å²) in [5, 5.41) is 13.2. The molecule has 10 heteroatoms. The van der Waals surface area contributed by atoms with Crippen molar-refractivity contribution in [1.29, 1.82) is 0 Å². The van der Waals surface area contributed by atoms with Gasteiger partial charge in [-0.1, -0.05) is 30.3 Å². The number of carbonyl (C=O) groups excluding carboxylic acids is 1. The van der Waals surface area contributed by atoms with Gasteiger partial charge in [0.15, 0.2) is 5.65 Å². The number of nitrogens with zero attached hydrogens (tertiary/aromatic N) is 3. The van der Waals surface area contributed by atoms with E-state index in [1.54, 1.807) is 18.2 Å². The van der Waals surface area contributed by atoms with E-state index in [1.807, 2.05) is 0 Å². The summed E-state index contributed by atoms with van der Waals surface area (Å²) in [6, 6.07) is 9.86. The summed E-state index contributed by atoms with van der Waals surface area (Å²) in [7, 11) is 0. The molecule has 4 rings (SSSR count). The number of nitrogens with one attached hydrogen (secondary N) is 1. The molecule has 1 unspecified atom stereocenters. The Morgan fingerprint density at radius 1 is 1.13 bits per heavy atom. The summed E-state index contributed by atoms with van der Waals surface area (Å²) in [4.78, 5) is 20.6. The van der Waals surface area contributed by atoms with Crippen LogP contribution < -0.4 is 5.32 Å². The van der Waals surface area contributed by atoms with Gasteiger partial charge in [0.05, 0.1) is 6.42 Å². The van der Waals surface area contributed by atoms with Crippen LogP contribution in [0.5, 0.6) is 0 Å². The molecule has 0 bridgehead atoms. The van der Waals surface area contributed by atoms with Crippen molar-refractivity contribution in [2.24, 2.45) is 0 Å². The second kappa shape index (κ2) is 7.92. The Labute approximate surface area is 174 Å². The predicted octanol–water partition coefficient (Wildman–Crippen LogP) is 4.36. The first-order valence-corrected chi connectivity index (χ1v) is 9.81. The van der Waals surface area contributed by atoms with Gasteiger partial charge in [-0.25, -0.2) is 14.4 Å². The Morgan fingerprint density at radius 2 is 1.84 bits per heavy atom. The zero-order valence-corrected chi connectivity index (χ0v) is 16.4. The molecule has 0 aliphatic heterocycles. The summed E-state index contributed by atoms with van der Waals surface area (Å²) in [5.41, 5.74) is -2.59. The Bertz CT molecular complexity index is 1100. The highest BCUT2D eigenvalue weighted by Gasteiger charge is 2.36. The lowest BCUT2D eigenvalue weighted by Crippen LogP contribution is -2.34. The number of imidazole rings is 1. The molecule has 1 amide bonds. The van der Waals surface area contributed by atoms with Gasteiger partial charge in [0, 0.05) is 6.04 Å². The van der Waals surface area contributed by atoms with Gasteiger partial charge in [-0.3, -0.25) is 14.7 Å². The monoisotopic (exact) mass is 436 g/mol. The number of pyridine rings is 1. The number of hydrogen-bond acceptors (Lipinski definition) is 4. The lowest BCUT2D eigenvalue weighted by atomic mass is 9.91. The molecule has 0 spiro atoms. The minimum atomic E-state index is -4.61. The molecule has 31 heavy (non-hydrogen) atoms. The molecule has 1 fully saturated rings. The van der Waals surface area contributed by atoms with Crippen LogP contribution in [0.15, 0.2) is 42.5 Å². The van der Waals surface area contributed by atoms with E-state index in [1.165, 1.54) is 22.8 Å². The van der Waals surface area contributed by atoms with Crippen LogP contribution >= 0.6 is 0 Å². The van der Waals surface area contributed by atoms with Gasteiger partial charge in [0.1, 0.15) is 23.5 Å². The van der Waals surface area contributed by atoms with Crippen LogP contribution in [-0.4, -0.2) is 32.2 Å². The number of carbonyl (C=O) groups is 1. The van der Waals surface area contributed by atoms with Crippen LogP contribution in [0, 0.1) is 0 Å². The first-order chi connectivity index (χ1) is 14.7. The molecule has 1 aliphatic rings. The fourth-order valence-corrected chi connectivity index (χ4v) is 3.62. The molecule has 1 aromatic carbocycles. The van der Waals surface area contributed by atoms with E-state index in [0.29, 0.717) is 12.8 Å². The van der Waals surface area contributed by atoms with E-state index >= 15 is 0 Å². The summed E-state index contributed by atoms with van der Waals surface area (Å²) >= 11 is 0. The average Bonchev–Trinajstić information content (AvgIpc) is 3.03. The number of amides is 1. The van der Waals surface area contributed by atoms with Crippen LogP contribution in [0.3, 0.4) is 0 Å². The Balaban J connectivity index is 1.65. The second-order valence-electron chi connectivity index (χ2n) is 7.68. The van der Waals surface area contributed by atoms with Crippen molar-refractivity contribution in [3.63, 3.8) is 0 Å². The Morgan fingerprint density at radius 3 is 2.42 bits per heavy atom. The number of halogens is 4. The molecule has 164 valence electrons. The lowest BCUT2D eigenvalue weighted by molar-refractivity contribution is -0.141. The van der Waals surface area contributed by atoms with E-state index in [9.17, 15) is 27.5 Å². The molecule has 1 aliphatic carbocycles. The number of benzene rings is 1. The van der Waals surface area contributed by atoms with Gasteiger partial charge in [0.2, 0.25) is 11.9 Å². The smallest absolute Gasteiger partial charge is 0.382 e. The minimum absolute atomic E-state index is 0.0265. The molecule has 1 atom stereocenters. The number of hydrogen-bond donors (Lipinski definition) is 2. The summed E-state index contributed by atoms with van der Waals surface area (Å²) in [6.45, 7) is -1.18. The summed E-state index contributed by atoms with van der Waals surface area (Å²) < 4.78 is 54.5. The second-order valence-corrected chi connectivity index (χ2v) is 7.68. The Kier molecular flexibility index (Phi) is 5.42. The van der Waals surface area contributed by atoms with Crippen LogP contribution in [0.2, 0.25) is 0 Å². The van der Waals surface area contributed by atoms with E-state index in [-0.39, 0.29) is 28.7 Å². The molecule has 3 aromatic rings. The van der Waals surface area contributed by atoms with Gasteiger partial charge in [-0.15, -0.1) is 0 Å². The largest absolute Gasteiger partial charge is 0.433 e. The quantitative estimate of drug-likeness (QED) is 0.563. The van der Waals surface area contributed by atoms with Crippen LogP contribution in [-0.2, 0) is 16.6 Å². The SMILES string of the molecule is O=C(CC(O)(CF)c1ccccc1)Nc1nc2ccc(C(F)(F)F)nc2n1C1CCC1. The number of fused-ring (bicyclic) bond motifs is 1. The van der Waals surface area contributed by atoms with E-state index in [0.717, 1.165) is 12.5 Å². The minimum Gasteiger partial charge on any atom is -0.382 e. The normalized spacial score (nSPS) is 16.7. The molecule has 1 saturated carbocycles. The van der Waals surface area contributed by atoms with Crippen molar-refractivity contribution >= 4 is 23.0 Å². The van der Waals surface area contributed by atoms with Crippen molar-refractivity contribution in [2.45, 2.75) is 43.5 Å². The van der Waals surface area contributed by atoms with E-state index < -0.39 is 36.5 Å². The highest BCUT2D eigenvalue weighted by molar-refractivity contribution is 5.92. The fourth-order valence-electron chi connectivity index (χ4n) is 3.62. The molecule has 2 N–H and O–H groups in total. The lowest BCUT2D eigenvalue weighted by Gasteiger charge is -2.29. The maximum absolute atomic E-state index is 13.7. The Hall–Kier alpha value is -3.01. The molecule has 0 saturated heterocycles. The van der Waals surface area contributed by atoms with Crippen molar-refractivity contribution in [3.05, 3.63) is 53.7 Å². The number of alkyl halides is 4. The molecule has 0 radical (unpaired) electrons. The van der Waals surface area contributed by atoms with Crippen molar-refractivity contribution in [1.82, 2.24) is 14.5 Å². The van der Waals surface area contributed by atoms with Crippen LogP contribution in [0.4, 0.5) is 23.5 Å². The standard InChI is InChI=1S/C21H20F4N4O2/c22-12-20(31,13-5-2-1-3-6-13)11-17(30)28-19-26-15-9-10-16(21(23,24)25)27-18(15)29(19)14-7-4-8-14/h1-3,5-6,9-10,14,31H,4,7-8,11-12H2,(H,26,28,30). The molecular formula is C21H20F4N4O2. The van der Waals surface area contributed by atoms with Gasteiger partial charge >= 0.3 is 6.18 Å². The average molecular weight is 436 g/mol. The zero-order chi connectivity index (χ0) is 22.2. The van der Waals surface area contributed by atoms with Gasteiger partial charge in [-0.2, -0.15) is 13.2 Å². The van der Waals surface area contributed by atoms with Crippen molar-refractivity contribution in [2.75, 3.05) is 12.0 Å². The molecular weight excluding hydrogens is 416 g/mol. The predicted molar refractivity (Wildman–Crippen MR) is 105 cm³/mol. The maximum Gasteiger partial charge on any atom is 0.433 e. The number of anilines is 1. The highest BCUT2D eigenvalue weighted by Crippen LogP contribution is 2.38. The third kappa shape index (κ3) is 4.12. The molecule has 2 heterocycles. The van der Waals surface area contributed by atoms with Crippen molar-refractivity contribution in [3.8, 4) is 0 Å². The van der Waals surface area contributed by atoms with E-state index in [4.69, 9.17) is 0 Å². The van der Waals surface area contributed by atoms with Gasteiger partial charge < -0.3 is 5.11 Å². The highest BCUT2D eigenvalue weighted by atomic mass is 19.4. The number of rotatable bonds is 6. The van der Waals surface area contributed by atoms with Gasteiger partial charge in [0.25, 0.3) is 0 Å². The van der Waals surface area contributed by atoms with Crippen molar-refractivity contribution < 1.29 is 27.5 Å². The van der Waals surface area contributed by atoms with E-state index in [2.05, 4.69) is 15.3 Å². The maximum atomic E-state index is 13.7. The third-order valence-corrected chi connectivity index (χ3v) is 5.50. The van der Waals surface area contributed by atoms with Crippen LogP contribution in [0.25, 0.3) is 11.2 Å².